The molecular formula is C13H16N4O3. The monoisotopic (exact) mass is 276 g/mol. The molecule has 0 saturated carbocycles. The standard InChI is InChI=1S/C13H16N4O3/c1-7(12-8(2)17-20-9(12)3)16-11-6-14-10(5-15-11)13(18)19-4/h5-7H,1-4H3,(H,15,16). The van der Waals surface area contributed by atoms with Crippen LogP contribution in [0.3, 0.4) is 0 Å². The van der Waals surface area contributed by atoms with Crippen molar-refractivity contribution in [3.8, 4) is 0 Å². The number of aryl methyl sites for hydroxylation is 2. The Bertz CT molecular complexity index is 587. The van der Waals surface area contributed by atoms with Gasteiger partial charge in [-0.25, -0.2) is 14.8 Å². The highest BCUT2D eigenvalue weighted by Gasteiger charge is 2.17. The summed E-state index contributed by atoms with van der Waals surface area (Å²) in [6.45, 7) is 5.72. The van der Waals surface area contributed by atoms with Gasteiger partial charge in [-0.05, 0) is 20.8 Å². The summed E-state index contributed by atoms with van der Waals surface area (Å²) in [4.78, 5) is 19.4. The lowest BCUT2D eigenvalue weighted by Crippen LogP contribution is -2.11. The SMILES string of the molecule is COC(=O)c1cnc(NC(C)c2c(C)noc2C)cn1. The molecule has 1 N–H and O–H groups in total. The Labute approximate surface area is 116 Å². The van der Waals surface area contributed by atoms with E-state index in [1.165, 1.54) is 19.5 Å². The molecule has 0 aliphatic carbocycles. The van der Waals surface area contributed by atoms with E-state index in [4.69, 9.17) is 4.52 Å². The molecule has 2 rings (SSSR count). The Morgan fingerprint density at radius 1 is 1.35 bits per heavy atom. The number of aromatic nitrogens is 3. The third kappa shape index (κ3) is 2.76. The van der Waals surface area contributed by atoms with Gasteiger partial charge in [0.25, 0.3) is 0 Å². The Morgan fingerprint density at radius 2 is 2.10 bits per heavy atom. The minimum atomic E-state index is -0.511. The van der Waals surface area contributed by atoms with Crippen LogP contribution in [-0.2, 0) is 4.74 Å². The minimum absolute atomic E-state index is 0.0282. The molecule has 106 valence electrons. The van der Waals surface area contributed by atoms with Crippen molar-refractivity contribution >= 4 is 11.8 Å². The van der Waals surface area contributed by atoms with Gasteiger partial charge in [0.1, 0.15) is 11.6 Å². The third-order valence-corrected chi connectivity index (χ3v) is 2.93. The number of hydrogen-bond donors (Lipinski definition) is 1. The molecule has 0 aliphatic rings. The van der Waals surface area contributed by atoms with E-state index in [9.17, 15) is 4.79 Å². The third-order valence-electron chi connectivity index (χ3n) is 2.93. The molecule has 0 bridgehead atoms. The number of nitrogens with zero attached hydrogens (tertiary/aromatic N) is 3. The van der Waals surface area contributed by atoms with Crippen LogP contribution < -0.4 is 5.32 Å². The van der Waals surface area contributed by atoms with Crippen LogP contribution >= 0.6 is 0 Å². The number of ether oxygens (including phenoxy) is 1. The van der Waals surface area contributed by atoms with Crippen molar-refractivity contribution in [3.05, 3.63) is 35.1 Å². The molecule has 20 heavy (non-hydrogen) atoms. The second kappa shape index (κ2) is 5.68. The molecule has 0 aliphatic heterocycles. The van der Waals surface area contributed by atoms with Crippen LogP contribution in [0, 0.1) is 13.8 Å². The molecule has 1 atom stereocenters. The second-order valence-electron chi connectivity index (χ2n) is 4.38. The number of nitrogens with one attached hydrogen (secondary N) is 1. The van der Waals surface area contributed by atoms with Crippen LogP contribution in [0.4, 0.5) is 5.82 Å². The van der Waals surface area contributed by atoms with E-state index in [2.05, 4.69) is 25.2 Å². The molecule has 0 fully saturated rings. The van der Waals surface area contributed by atoms with Gasteiger partial charge in [-0.1, -0.05) is 5.16 Å². The van der Waals surface area contributed by atoms with Gasteiger partial charge >= 0.3 is 5.97 Å². The number of rotatable bonds is 4. The number of carbonyl (C=O) groups is 1. The lowest BCUT2D eigenvalue weighted by atomic mass is 10.1. The fourth-order valence-corrected chi connectivity index (χ4v) is 2.01. The molecule has 2 aromatic rings. The van der Waals surface area contributed by atoms with Crippen LogP contribution in [0.1, 0.15) is 40.5 Å². The van der Waals surface area contributed by atoms with Gasteiger partial charge in [-0.3, -0.25) is 0 Å². The molecule has 7 nitrogen and oxygen atoms in total. The van der Waals surface area contributed by atoms with Gasteiger partial charge in [0.15, 0.2) is 5.69 Å². The normalized spacial score (nSPS) is 12.0. The Balaban J connectivity index is 2.12. The first-order valence-electron chi connectivity index (χ1n) is 6.12. The average Bonchev–Trinajstić information content (AvgIpc) is 2.78. The zero-order chi connectivity index (χ0) is 14.7. The molecule has 7 heteroatoms. The van der Waals surface area contributed by atoms with E-state index in [0.717, 1.165) is 17.0 Å². The van der Waals surface area contributed by atoms with Crippen molar-refractivity contribution in [2.45, 2.75) is 26.8 Å². The largest absolute Gasteiger partial charge is 0.464 e. The van der Waals surface area contributed by atoms with Crippen molar-refractivity contribution in [2.75, 3.05) is 12.4 Å². The minimum Gasteiger partial charge on any atom is -0.464 e. The van der Waals surface area contributed by atoms with Crippen molar-refractivity contribution < 1.29 is 14.1 Å². The molecule has 2 heterocycles. The molecule has 0 saturated heterocycles. The summed E-state index contributed by atoms with van der Waals surface area (Å²) >= 11 is 0. The van der Waals surface area contributed by atoms with Crippen LogP contribution in [-0.4, -0.2) is 28.2 Å². The quantitative estimate of drug-likeness (QED) is 0.854. The van der Waals surface area contributed by atoms with E-state index < -0.39 is 5.97 Å². The molecule has 0 radical (unpaired) electrons. The topological polar surface area (TPSA) is 90.1 Å². The zero-order valence-electron chi connectivity index (χ0n) is 11.8. The van der Waals surface area contributed by atoms with Crippen LogP contribution in [0.15, 0.2) is 16.9 Å². The fourth-order valence-electron chi connectivity index (χ4n) is 2.01. The lowest BCUT2D eigenvalue weighted by Gasteiger charge is -2.14. The van der Waals surface area contributed by atoms with Gasteiger partial charge < -0.3 is 14.6 Å². The predicted molar refractivity (Wildman–Crippen MR) is 71.4 cm³/mol. The fraction of sp³-hybridized carbons (Fsp3) is 0.385. The predicted octanol–water partition coefficient (Wildman–Crippen LogP) is 2.04. The molecule has 0 amide bonds. The van der Waals surface area contributed by atoms with Crippen molar-refractivity contribution in [3.63, 3.8) is 0 Å². The number of esters is 1. The van der Waals surface area contributed by atoms with Crippen LogP contribution in [0.25, 0.3) is 0 Å². The highest BCUT2D eigenvalue weighted by molar-refractivity contribution is 5.86. The molecule has 2 aromatic heterocycles. The van der Waals surface area contributed by atoms with E-state index in [1.54, 1.807) is 0 Å². The summed E-state index contributed by atoms with van der Waals surface area (Å²) in [5.74, 6) is 0.814. The van der Waals surface area contributed by atoms with Gasteiger partial charge in [0.2, 0.25) is 0 Å². The Kier molecular flexibility index (Phi) is 3.97. The maximum Gasteiger partial charge on any atom is 0.358 e. The summed E-state index contributed by atoms with van der Waals surface area (Å²) in [6.07, 6.45) is 2.86. The first kappa shape index (κ1) is 14.0. The highest BCUT2D eigenvalue weighted by Crippen LogP contribution is 2.23. The van der Waals surface area contributed by atoms with Crippen LogP contribution in [0.2, 0.25) is 0 Å². The molecule has 0 aromatic carbocycles. The van der Waals surface area contributed by atoms with Crippen molar-refractivity contribution in [1.29, 1.82) is 0 Å². The maximum atomic E-state index is 11.3. The first-order valence-corrected chi connectivity index (χ1v) is 6.12. The first-order chi connectivity index (χ1) is 9.52. The molecular weight excluding hydrogens is 260 g/mol. The van der Waals surface area contributed by atoms with E-state index >= 15 is 0 Å². The van der Waals surface area contributed by atoms with Gasteiger partial charge in [0.05, 0.1) is 31.2 Å². The Hall–Kier alpha value is -2.44. The number of carbonyl (C=O) groups excluding carboxylic acids is 1. The number of methoxy groups -OCH3 is 1. The molecule has 0 spiro atoms. The zero-order valence-corrected chi connectivity index (χ0v) is 11.8. The summed E-state index contributed by atoms with van der Waals surface area (Å²) in [5, 5.41) is 7.10. The van der Waals surface area contributed by atoms with E-state index in [0.29, 0.717) is 5.82 Å². The summed E-state index contributed by atoms with van der Waals surface area (Å²) in [6, 6.07) is -0.0282. The second-order valence-corrected chi connectivity index (χ2v) is 4.38. The van der Waals surface area contributed by atoms with E-state index in [1.807, 2.05) is 20.8 Å². The molecule has 1 unspecified atom stereocenters. The van der Waals surface area contributed by atoms with Crippen LogP contribution in [0.5, 0.6) is 0 Å². The average molecular weight is 276 g/mol. The van der Waals surface area contributed by atoms with Crippen molar-refractivity contribution in [2.24, 2.45) is 0 Å². The summed E-state index contributed by atoms with van der Waals surface area (Å²) in [5.41, 5.74) is 1.99. The van der Waals surface area contributed by atoms with Gasteiger partial charge in [-0.15, -0.1) is 0 Å². The summed E-state index contributed by atoms with van der Waals surface area (Å²) in [7, 11) is 1.30. The smallest absolute Gasteiger partial charge is 0.358 e. The number of hydrogen-bond acceptors (Lipinski definition) is 7. The van der Waals surface area contributed by atoms with Gasteiger partial charge in [-0.2, -0.15) is 0 Å². The lowest BCUT2D eigenvalue weighted by molar-refractivity contribution is 0.0593. The summed E-state index contributed by atoms with van der Waals surface area (Å²) < 4.78 is 9.70. The van der Waals surface area contributed by atoms with Crippen molar-refractivity contribution in [1.82, 2.24) is 15.1 Å². The Morgan fingerprint density at radius 3 is 2.60 bits per heavy atom. The maximum absolute atomic E-state index is 11.3. The van der Waals surface area contributed by atoms with E-state index in [-0.39, 0.29) is 11.7 Å². The number of anilines is 1. The van der Waals surface area contributed by atoms with Gasteiger partial charge in [0, 0.05) is 5.56 Å². The highest BCUT2D eigenvalue weighted by atomic mass is 16.5.